The fourth-order valence-electron chi connectivity index (χ4n) is 2.82. The van der Waals surface area contributed by atoms with Gasteiger partial charge in [-0.15, -0.1) is 0 Å². The molecule has 10 nitrogen and oxygen atoms in total. The zero-order valence-corrected chi connectivity index (χ0v) is 16.9. The molecule has 156 valence electrons. The molecule has 0 bridgehead atoms. The molecule has 0 spiro atoms. The number of hydrazone groups is 1. The first-order chi connectivity index (χ1) is 14.5. The summed E-state index contributed by atoms with van der Waals surface area (Å²) in [6.07, 6.45) is 3.11. The molecule has 0 aliphatic carbocycles. The molecule has 0 atom stereocenters. The number of ether oxygens (including phenoxy) is 1. The molecule has 1 aromatic carbocycles. The number of esters is 1. The number of guanidine groups is 1. The summed E-state index contributed by atoms with van der Waals surface area (Å²) in [5, 5.41) is 14.2. The van der Waals surface area contributed by atoms with Crippen LogP contribution in [0.1, 0.15) is 22.8 Å². The number of hydrogen-bond acceptors (Lipinski definition) is 6. The van der Waals surface area contributed by atoms with Crippen molar-refractivity contribution in [3.05, 3.63) is 69.0 Å². The second-order valence-electron chi connectivity index (χ2n) is 6.25. The van der Waals surface area contributed by atoms with Gasteiger partial charge in [0.05, 0.1) is 24.2 Å². The summed E-state index contributed by atoms with van der Waals surface area (Å²) in [4.78, 5) is 34.5. The van der Waals surface area contributed by atoms with Crippen LogP contribution in [-0.2, 0) is 11.3 Å². The Morgan fingerprint density at radius 3 is 2.70 bits per heavy atom. The van der Waals surface area contributed by atoms with Crippen LogP contribution >= 0.6 is 11.6 Å². The van der Waals surface area contributed by atoms with Gasteiger partial charge in [0.15, 0.2) is 5.03 Å². The highest BCUT2D eigenvalue weighted by molar-refractivity contribution is 6.29. The van der Waals surface area contributed by atoms with E-state index >= 15 is 0 Å². The van der Waals surface area contributed by atoms with Crippen LogP contribution in [0.3, 0.4) is 0 Å². The summed E-state index contributed by atoms with van der Waals surface area (Å²) in [5.41, 5.74) is 1.86. The van der Waals surface area contributed by atoms with Crippen molar-refractivity contribution in [1.29, 1.82) is 0 Å². The molecule has 0 radical (unpaired) electrons. The lowest BCUT2D eigenvalue weighted by molar-refractivity contribution is -0.486. The van der Waals surface area contributed by atoms with Crippen molar-refractivity contribution >= 4 is 35.6 Å². The Bertz CT molecular complexity index is 962. The van der Waals surface area contributed by atoms with E-state index in [-0.39, 0.29) is 5.96 Å². The van der Waals surface area contributed by atoms with Crippen molar-refractivity contribution in [3.63, 3.8) is 0 Å². The number of halogens is 1. The summed E-state index contributed by atoms with van der Waals surface area (Å²) in [7, 11) is 0. The average Bonchev–Trinajstić information content (AvgIpc) is 3.09. The highest BCUT2D eigenvalue weighted by Crippen LogP contribution is 2.17. The van der Waals surface area contributed by atoms with E-state index in [0.717, 1.165) is 5.56 Å². The topological polar surface area (TPSA) is 114 Å². The van der Waals surface area contributed by atoms with Gasteiger partial charge < -0.3 is 9.64 Å². The summed E-state index contributed by atoms with van der Waals surface area (Å²) >= 11 is 5.80. The standard InChI is InChI=1S/C19H19ClN6O4/c1-2-30-18(27)15-4-6-16(7-5-15)22-13-25-10-9-24(19(25)23-26(28)29)12-14-3-8-17(20)21-11-14/h3-8,11,13H,2,9-10,12H2,1H3. The molecule has 11 heteroatoms. The maximum Gasteiger partial charge on any atom is 0.338 e. The number of hydrogen-bond donors (Lipinski definition) is 0. The van der Waals surface area contributed by atoms with Crippen molar-refractivity contribution in [2.45, 2.75) is 13.5 Å². The summed E-state index contributed by atoms with van der Waals surface area (Å²) < 4.78 is 4.94. The second-order valence-corrected chi connectivity index (χ2v) is 6.64. The van der Waals surface area contributed by atoms with E-state index in [1.165, 1.54) is 6.34 Å². The number of benzene rings is 1. The van der Waals surface area contributed by atoms with Gasteiger partial charge in [0.1, 0.15) is 10.3 Å². The Morgan fingerprint density at radius 2 is 2.07 bits per heavy atom. The predicted octanol–water partition coefficient (Wildman–Crippen LogP) is 2.94. The predicted molar refractivity (Wildman–Crippen MR) is 111 cm³/mol. The van der Waals surface area contributed by atoms with Gasteiger partial charge in [-0.3, -0.25) is 4.90 Å². The number of aromatic nitrogens is 1. The Labute approximate surface area is 177 Å². The molecule has 1 fully saturated rings. The third-order valence-corrected chi connectivity index (χ3v) is 4.43. The van der Waals surface area contributed by atoms with E-state index in [2.05, 4.69) is 15.1 Å². The zero-order chi connectivity index (χ0) is 21.5. The van der Waals surface area contributed by atoms with Gasteiger partial charge >= 0.3 is 5.97 Å². The molecule has 1 aliphatic rings. The summed E-state index contributed by atoms with van der Waals surface area (Å²) in [6.45, 7) is 3.45. The zero-order valence-electron chi connectivity index (χ0n) is 16.1. The Hall–Kier alpha value is -3.53. The van der Waals surface area contributed by atoms with Crippen LogP contribution in [-0.4, -0.2) is 57.8 Å². The quantitative estimate of drug-likeness (QED) is 0.166. The smallest absolute Gasteiger partial charge is 0.338 e. The van der Waals surface area contributed by atoms with E-state index < -0.39 is 11.0 Å². The van der Waals surface area contributed by atoms with Gasteiger partial charge in [-0.1, -0.05) is 17.7 Å². The van der Waals surface area contributed by atoms with Crippen LogP contribution in [0, 0.1) is 10.1 Å². The maximum absolute atomic E-state index is 11.7. The van der Waals surface area contributed by atoms with Gasteiger partial charge in [-0.2, -0.15) is 0 Å². The Morgan fingerprint density at radius 1 is 1.30 bits per heavy atom. The molecule has 0 unspecified atom stereocenters. The van der Waals surface area contributed by atoms with E-state index in [9.17, 15) is 14.9 Å². The van der Waals surface area contributed by atoms with E-state index in [1.807, 2.05) is 0 Å². The second kappa shape index (κ2) is 9.79. The number of rotatable bonds is 7. The molecule has 2 heterocycles. The number of pyridine rings is 1. The van der Waals surface area contributed by atoms with Crippen LogP contribution in [0.2, 0.25) is 5.15 Å². The molecule has 3 rings (SSSR count). The van der Waals surface area contributed by atoms with E-state index in [4.69, 9.17) is 16.3 Å². The molecule has 0 N–H and O–H groups in total. The normalized spacial score (nSPS) is 15.2. The summed E-state index contributed by atoms with van der Waals surface area (Å²) in [5.74, 6) is -0.220. The molecule has 1 aliphatic heterocycles. The number of aliphatic imine (C=N–C) groups is 1. The van der Waals surface area contributed by atoms with Crippen molar-refractivity contribution in [2.24, 2.45) is 10.1 Å². The van der Waals surface area contributed by atoms with Crippen LogP contribution < -0.4 is 0 Å². The molecular weight excluding hydrogens is 412 g/mol. The minimum absolute atomic E-state index is 0.182. The van der Waals surface area contributed by atoms with Crippen LogP contribution in [0.15, 0.2) is 52.7 Å². The number of nitrogens with zero attached hydrogens (tertiary/aromatic N) is 6. The maximum atomic E-state index is 11.7. The van der Waals surface area contributed by atoms with Gasteiger partial charge in [0.2, 0.25) is 0 Å². The Balaban J connectivity index is 1.72. The van der Waals surface area contributed by atoms with Crippen LogP contribution in [0.5, 0.6) is 0 Å². The monoisotopic (exact) mass is 430 g/mol. The molecule has 1 aromatic heterocycles. The van der Waals surface area contributed by atoms with Crippen LogP contribution in [0.4, 0.5) is 5.69 Å². The highest BCUT2D eigenvalue weighted by Gasteiger charge is 2.29. The molecule has 30 heavy (non-hydrogen) atoms. The number of nitro groups is 1. The van der Waals surface area contributed by atoms with Crippen molar-refractivity contribution in [2.75, 3.05) is 19.7 Å². The third kappa shape index (κ3) is 5.51. The van der Waals surface area contributed by atoms with E-state index in [1.54, 1.807) is 59.3 Å². The molecular formula is C19H19ClN6O4. The van der Waals surface area contributed by atoms with Crippen molar-refractivity contribution in [3.8, 4) is 0 Å². The third-order valence-electron chi connectivity index (χ3n) is 4.21. The average molecular weight is 431 g/mol. The largest absolute Gasteiger partial charge is 0.462 e. The lowest BCUT2D eigenvalue weighted by Gasteiger charge is -2.17. The minimum atomic E-state index is -0.733. The number of carbonyl (C=O) groups excluding carboxylic acids is 1. The molecule has 0 amide bonds. The van der Waals surface area contributed by atoms with Gasteiger partial charge in [0, 0.05) is 25.8 Å². The van der Waals surface area contributed by atoms with E-state index in [0.29, 0.717) is 42.6 Å². The fraction of sp³-hybridized carbons (Fsp3) is 0.263. The first-order valence-corrected chi connectivity index (χ1v) is 9.50. The SMILES string of the molecule is CCOC(=O)c1ccc(N=CN2CCN(Cc3ccc(Cl)nc3)C2=N[N+](=O)[O-])cc1. The van der Waals surface area contributed by atoms with Gasteiger partial charge in [-0.05, 0) is 42.8 Å². The lowest BCUT2D eigenvalue weighted by Crippen LogP contribution is -2.33. The van der Waals surface area contributed by atoms with Crippen LogP contribution in [0.25, 0.3) is 0 Å². The lowest BCUT2D eigenvalue weighted by atomic mass is 10.2. The van der Waals surface area contributed by atoms with Gasteiger partial charge in [0.25, 0.3) is 5.96 Å². The fourth-order valence-corrected chi connectivity index (χ4v) is 2.93. The first kappa shape index (κ1) is 21.2. The van der Waals surface area contributed by atoms with Crippen molar-refractivity contribution in [1.82, 2.24) is 14.8 Å². The number of carbonyl (C=O) groups is 1. The van der Waals surface area contributed by atoms with Crippen molar-refractivity contribution < 1.29 is 14.6 Å². The summed E-state index contributed by atoms with van der Waals surface area (Å²) in [6, 6.07) is 10.0. The van der Waals surface area contributed by atoms with Gasteiger partial charge in [-0.25, -0.2) is 24.9 Å². The highest BCUT2D eigenvalue weighted by atomic mass is 35.5. The minimum Gasteiger partial charge on any atom is -0.462 e. The molecule has 2 aromatic rings. The Kier molecular flexibility index (Phi) is 6.91. The molecule has 1 saturated heterocycles. The first-order valence-electron chi connectivity index (χ1n) is 9.12. The molecule has 0 saturated carbocycles.